The number of benzene rings is 2. The van der Waals surface area contributed by atoms with E-state index >= 15 is 0 Å². The van der Waals surface area contributed by atoms with Crippen LogP contribution in [0.2, 0.25) is 0 Å². The molecule has 2 aromatic carbocycles. The number of rotatable bonds is 6. The maximum atomic E-state index is 12.5. The van der Waals surface area contributed by atoms with Crippen molar-refractivity contribution in [2.24, 2.45) is 5.73 Å². The van der Waals surface area contributed by atoms with Gasteiger partial charge in [0, 0.05) is 18.9 Å². The molecule has 0 aliphatic heterocycles. The lowest BCUT2D eigenvalue weighted by Crippen LogP contribution is -2.45. The van der Waals surface area contributed by atoms with Crippen molar-refractivity contribution in [2.45, 2.75) is 45.6 Å². The zero-order chi connectivity index (χ0) is 20.9. The summed E-state index contributed by atoms with van der Waals surface area (Å²) in [6.45, 7) is 7.65. The average molecular weight is 382 g/mol. The summed E-state index contributed by atoms with van der Waals surface area (Å²) in [6.07, 6.45) is 0.287. The van der Waals surface area contributed by atoms with Crippen LogP contribution in [0.1, 0.15) is 49.2 Å². The summed E-state index contributed by atoms with van der Waals surface area (Å²) in [5.74, 6) is -1.31. The number of hydrogen-bond acceptors (Lipinski definition) is 4. The van der Waals surface area contributed by atoms with Gasteiger partial charge in [-0.3, -0.25) is 14.4 Å². The highest BCUT2D eigenvalue weighted by atomic mass is 16.5. The van der Waals surface area contributed by atoms with Crippen LogP contribution in [0.3, 0.4) is 0 Å². The molecule has 0 aromatic heterocycles. The van der Waals surface area contributed by atoms with Gasteiger partial charge in [0.25, 0.3) is 5.91 Å². The molecule has 28 heavy (non-hydrogen) atoms. The van der Waals surface area contributed by atoms with Gasteiger partial charge >= 0.3 is 5.97 Å². The van der Waals surface area contributed by atoms with Crippen LogP contribution in [0.4, 0.5) is 0 Å². The van der Waals surface area contributed by atoms with Crippen molar-refractivity contribution < 1.29 is 19.1 Å². The van der Waals surface area contributed by atoms with Crippen molar-refractivity contribution in [3.8, 4) is 5.75 Å². The van der Waals surface area contributed by atoms with Crippen LogP contribution in [-0.4, -0.2) is 23.8 Å². The second-order valence-electron chi connectivity index (χ2n) is 7.70. The van der Waals surface area contributed by atoms with Crippen LogP contribution in [0, 0.1) is 0 Å². The molecule has 0 unspecified atom stereocenters. The number of hydrogen-bond donors (Lipinski definition) is 2. The number of ether oxygens (including phenoxy) is 1. The molecule has 3 N–H and O–H groups in total. The number of nitrogens with two attached hydrogens (primary N) is 1. The van der Waals surface area contributed by atoms with Gasteiger partial charge in [0.1, 0.15) is 11.8 Å². The van der Waals surface area contributed by atoms with Gasteiger partial charge in [0.2, 0.25) is 5.91 Å². The summed E-state index contributed by atoms with van der Waals surface area (Å²) < 4.78 is 4.98. The Morgan fingerprint density at radius 2 is 1.71 bits per heavy atom. The van der Waals surface area contributed by atoms with Gasteiger partial charge in [-0.1, -0.05) is 51.1 Å². The fraction of sp³-hybridized carbons (Fsp3) is 0.318. The van der Waals surface area contributed by atoms with Crippen LogP contribution in [0.5, 0.6) is 5.75 Å². The fourth-order valence-electron chi connectivity index (χ4n) is 2.71. The molecular formula is C22H26N2O4. The van der Waals surface area contributed by atoms with E-state index in [1.807, 2.05) is 24.3 Å². The van der Waals surface area contributed by atoms with Crippen molar-refractivity contribution in [1.82, 2.24) is 5.32 Å². The molecule has 2 amide bonds. The Hall–Kier alpha value is -3.15. The van der Waals surface area contributed by atoms with Gasteiger partial charge in [0.05, 0.1) is 0 Å². The van der Waals surface area contributed by atoms with E-state index < -0.39 is 23.8 Å². The molecule has 0 saturated carbocycles. The molecule has 6 nitrogen and oxygen atoms in total. The second kappa shape index (κ2) is 8.69. The summed E-state index contributed by atoms with van der Waals surface area (Å²) in [7, 11) is 0. The molecule has 0 radical (unpaired) electrons. The van der Waals surface area contributed by atoms with Crippen LogP contribution in [0.25, 0.3) is 0 Å². The molecule has 0 bridgehead atoms. The minimum atomic E-state index is -0.856. The first-order chi connectivity index (χ1) is 13.1. The van der Waals surface area contributed by atoms with Crippen LogP contribution < -0.4 is 15.8 Å². The number of esters is 1. The molecule has 148 valence electrons. The van der Waals surface area contributed by atoms with E-state index in [1.54, 1.807) is 18.2 Å². The van der Waals surface area contributed by atoms with E-state index in [2.05, 4.69) is 26.1 Å². The van der Waals surface area contributed by atoms with E-state index in [9.17, 15) is 14.4 Å². The zero-order valence-corrected chi connectivity index (χ0v) is 16.6. The Labute approximate surface area is 165 Å². The fourth-order valence-corrected chi connectivity index (χ4v) is 2.71. The molecule has 2 rings (SSSR count). The normalized spacial score (nSPS) is 12.1. The highest BCUT2D eigenvalue weighted by molar-refractivity contribution is 5.97. The first-order valence-electron chi connectivity index (χ1n) is 9.04. The summed E-state index contributed by atoms with van der Waals surface area (Å²) in [5, 5.41) is 2.65. The van der Waals surface area contributed by atoms with Gasteiger partial charge in [-0.2, -0.15) is 0 Å². The molecule has 1 atom stereocenters. The molecule has 0 spiro atoms. The maximum absolute atomic E-state index is 12.5. The number of carbonyl (C=O) groups is 3. The van der Waals surface area contributed by atoms with Crippen molar-refractivity contribution in [2.75, 3.05) is 0 Å². The van der Waals surface area contributed by atoms with Gasteiger partial charge in [-0.15, -0.1) is 0 Å². The lowest BCUT2D eigenvalue weighted by molar-refractivity contribution is -0.131. The van der Waals surface area contributed by atoms with E-state index in [0.717, 1.165) is 5.56 Å². The van der Waals surface area contributed by atoms with Crippen molar-refractivity contribution >= 4 is 17.8 Å². The van der Waals surface area contributed by atoms with Crippen molar-refractivity contribution in [1.29, 1.82) is 0 Å². The standard InChI is InChI=1S/C22H26N2O4/c1-14(25)28-18-7-5-6-16(13-18)21(27)24-19(20(23)26)12-15-8-10-17(11-9-15)22(2,3)4/h5-11,13,19H,12H2,1-4H3,(H2,23,26)(H,24,27)/t19-/m0/s1. The van der Waals surface area contributed by atoms with E-state index in [4.69, 9.17) is 10.5 Å². The van der Waals surface area contributed by atoms with Gasteiger partial charge < -0.3 is 15.8 Å². The molecule has 0 saturated heterocycles. The van der Waals surface area contributed by atoms with Crippen molar-refractivity contribution in [3.05, 3.63) is 65.2 Å². The Bertz CT molecular complexity index is 867. The lowest BCUT2D eigenvalue weighted by atomic mass is 9.86. The third-order valence-electron chi connectivity index (χ3n) is 4.27. The van der Waals surface area contributed by atoms with E-state index in [0.29, 0.717) is 0 Å². The summed E-state index contributed by atoms with van der Waals surface area (Å²) in [4.78, 5) is 35.4. The van der Waals surface area contributed by atoms with Gasteiger partial charge in [-0.25, -0.2) is 0 Å². The largest absolute Gasteiger partial charge is 0.427 e. The first kappa shape index (κ1) is 21.2. The van der Waals surface area contributed by atoms with E-state index in [1.165, 1.54) is 18.6 Å². The maximum Gasteiger partial charge on any atom is 0.308 e. The third-order valence-corrected chi connectivity index (χ3v) is 4.27. The predicted molar refractivity (Wildman–Crippen MR) is 107 cm³/mol. The topological polar surface area (TPSA) is 98.5 Å². The molecule has 2 aromatic rings. The van der Waals surface area contributed by atoms with Gasteiger partial charge in [-0.05, 0) is 34.7 Å². The zero-order valence-electron chi connectivity index (χ0n) is 16.6. The smallest absolute Gasteiger partial charge is 0.308 e. The summed E-state index contributed by atoms with van der Waals surface area (Å²) in [5.41, 5.74) is 7.86. The molecule has 0 fully saturated rings. The highest BCUT2D eigenvalue weighted by Gasteiger charge is 2.20. The average Bonchev–Trinajstić information content (AvgIpc) is 2.60. The summed E-state index contributed by atoms with van der Waals surface area (Å²) >= 11 is 0. The third kappa shape index (κ3) is 5.94. The van der Waals surface area contributed by atoms with Crippen LogP contribution in [0.15, 0.2) is 48.5 Å². The van der Waals surface area contributed by atoms with E-state index in [-0.39, 0.29) is 23.1 Å². The minimum Gasteiger partial charge on any atom is -0.427 e. The summed E-state index contributed by atoms with van der Waals surface area (Å²) in [6, 6.07) is 13.2. The Kier molecular flexibility index (Phi) is 6.57. The van der Waals surface area contributed by atoms with Crippen LogP contribution in [-0.2, 0) is 21.4 Å². The molecule has 6 heteroatoms. The number of primary amides is 1. The second-order valence-corrected chi connectivity index (χ2v) is 7.70. The first-order valence-corrected chi connectivity index (χ1v) is 9.04. The molecule has 0 aliphatic carbocycles. The molecule has 0 aliphatic rings. The quantitative estimate of drug-likeness (QED) is 0.593. The Morgan fingerprint density at radius 1 is 1.07 bits per heavy atom. The molecular weight excluding hydrogens is 356 g/mol. The SMILES string of the molecule is CC(=O)Oc1cccc(C(=O)N[C@@H](Cc2ccc(C(C)(C)C)cc2)C(N)=O)c1. The van der Waals surface area contributed by atoms with Crippen LogP contribution >= 0.6 is 0 Å². The lowest BCUT2D eigenvalue weighted by Gasteiger charge is -2.20. The molecule has 0 heterocycles. The Morgan fingerprint density at radius 3 is 2.25 bits per heavy atom. The highest BCUT2D eigenvalue weighted by Crippen LogP contribution is 2.22. The number of amides is 2. The van der Waals surface area contributed by atoms with Gasteiger partial charge in [0.15, 0.2) is 0 Å². The van der Waals surface area contributed by atoms with Crippen molar-refractivity contribution in [3.63, 3.8) is 0 Å². The Balaban J connectivity index is 2.11. The number of nitrogens with one attached hydrogen (secondary N) is 1. The number of carbonyl (C=O) groups excluding carboxylic acids is 3. The monoisotopic (exact) mass is 382 g/mol. The predicted octanol–water partition coefficient (Wildman–Crippen LogP) is 2.74. The minimum absolute atomic E-state index is 0.0305.